The number of carbonyl (C=O) groups excluding carboxylic acids is 2. The Hall–Kier alpha value is -2.87. The van der Waals surface area contributed by atoms with E-state index >= 15 is 0 Å². The van der Waals surface area contributed by atoms with E-state index in [4.69, 9.17) is 0 Å². The largest absolute Gasteiger partial charge is 0.357 e. The molecule has 0 aromatic heterocycles. The summed E-state index contributed by atoms with van der Waals surface area (Å²) >= 11 is 0. The van der Waals surface area contributed by atoms with Crippen LogP contribution in [-0.2, 0) is 32.6 Å². The van der Waals surface area contributed by atoms with E-state index < -0.39 is 28.5 Å². The maximum absolute atomic E-state index is 13.3. The molecular weight excluding hydrogens is 414 g/mol. The van der Waals surface area contributed by atoms with Gasteiger partial charge in [0.25, 0.3) is 0 Å². The summed E-state index contributed by atoms with van der Waals surface area (Å²) in [4.78, 5) is 27.0. The highest BCUT2D eigenvalue weighted by Crippen LogP contribution is 2.20. The van der Waals surface area contributed by atoms with Crippen LogP contribution in [0.4, 0.5) is 5.69 Å². The van der Waals surface area contributed by atoms with Crippen LogP contribution in [-0.4, -0.2) is 51.0 Å². The molecule has 0 radical (unpaired) electrons. The molecule has 168 valence electrons. The lowest BCUT2D eigenvalue weighted by atomic mass is 10.1. The SMILES string of the molecule is CCc1ccc(N(CC(=O)N(Cc2ccccc2C)[C@@H](C)C(=O)NC)S(C)(=O)=O)cc1. The zero-order chi connectivity index (χ0) is 23.2. The lowest BCUT2D eigenvalue weighted by Gasteiger charge is -2.31. The average molecular weight is 446 g/mol. The minimum Gasteiger partial charge on any atom is -0.357 e. The zero-order valence-electron chi connectivity index (χ0n) is 18.8. The number of nitrogens with zero attached hydrogens (tertiary/aromatic N) is 2. The van der Waals surface area contributed by atoms with Crippen molar-refractivity contribution in [3.8, 4) is 0 Å². The molecule has 2 aromatic rings. The first-order valence-electron chi connectivity index (χ1n) is 10.2. The molecule has 0 aliphatic carbocycles. The van der Waals surface area contributed by atoms with Crippen molar-refractivity contribution in [1.82, 2.24) is 10.2 Å². The van der Waals surface area contributed by atoms with Crippen LogP contribution in [0, 0.1) is 6.92 Å². The van der Waals surface area contributed by atoms with Gasteiger partial charge in [0.15, 0.2) is 0 Å². The van der Waals surface area contributed by atoms with Crippen molar-refractivity contribution in [1.29, 1.82) is 0 Å². The number of benzene rings is 2. The topological polar surface area (TPSA) is 86.8 Å². The van der Waals surface area contributed by atoms with Gasteiger partial charge in [0.05, 0.1) is 11.9 Å². The van der Waals surface area contributed by atoms with Crippen molar-refractivity contribution in [2.45, 2.75) is 39.8 Å². The van der Waals surface area contributed by atoms with Gasteiger partial charge in [-0.25, -0.2) is 8.42 Å². The number of rotatable bonds is 9. The highest BCUT2D eigenvalue weighted by atomic mass is 32.2. The first-order chi connectivity index (χ1) is 14.6. The molecule has 7 nitrogen and oxygen atoms in total. The number of amides is 2. The summed E-state index contributed by atoms with van der Waals surface area (Å²) in [5.74, 6) is -0.774. The summed E-state index contributed by atoms with van der Waals surface area (Å²) in [7, 11) is -2.21. The summed E-state index contributed by atoms with van der Waals surface area (Å²) in [6, 6.07) is 13.9. The maximum atomic E-state index is 13.3. The molecule has 1 N–H and O–H groups in total. The molecule has 0 saturated heterocycles. The third-order valence-corrected chi connectivity index (χ3v) is 6.47. The number of aryl methyl sites for hydroxylation is 2. The quantitative estimate of drug-likeness (QED) is 0.642. The molecule has 0 aliphatic rings. The lowest BCUT2D eigenvalue weighted by Crippen LogP contribution is -2.50. The minimum absolute atomic E-state index is 0.201. The fourth-order valence-electron chi connectivity index (χ4n) is 3.27. The van der Waals surface area contributed by atoms with Crippen molar-refractivity contribution in [3.05, 3.63) is 65.2 Å². The van der Waals surface area contributed by atoms with Gasteiger partial charge in [0, 0.05) is 13.6 Å². The van der Waals surface area contributed by atoms with E-state index in [0.29, 0.717) is 5.69 Å². The molecule has 0 fully saturated rings. The van der Waals surface area contributed by atoms with Crippen LogP contribution in [0.15, 0.2) is 48.5 Å². The normalized spacial score (nSPS) is 12.2. The van der Waals surface area contributed by atoms with E-state index in [1.165, 1.54) is 11.9 Å². The molecule has 0 heterocycles. The first-order valence-corrected chi connectivity index (χ1v) is 12.1. The molecule has 2 aromatic carbocycles. The predicted molar refractivity (Wildman–Crippen MR) is 123 cm³/mol. The fourth-order valence-corrected chi connectivity index (χ4v) is 4.12. The van der Waals surface area contributed by atoms with Crippen molar-refractivity contribution < 1.29 is 18.0 Å². The number of hydrogen-bond donors (Lipinski definition) is 1. The number of carbonyl (C=O) groups is 2. The second kappa shape index (κ2) is 10.4. The van der Waals surface area contributed by atoms with Crippen molar-refractivity contribution in [2.75, 3.05) is 24.2 Å². The summed E-state index contributed by atoms with van der Waals surface area (Å²) in [5.41, 5.74) is 3.36. The fraction of sp³-hybridized carbons (Fsp3) is 0.391. The van der Waals surface area contributed by atoms with Gasteiger partial charge in [-0.3, -0.25) is 13.9 Å². The highest BCUT2D eigenvalue weighted by Gasteiger charge is 2.29. The highest BCUT2D eigenvalue weighted by molar-refractivity contribution is 7.92. The summed E-state index contributed by atoms with van der Waals surface area (Å²) in [6.45, 7) is 5.39. The predicted octanol–water partition coefficient (Wildman–Crippen LogP) is 2.49. The van der Waals surface area contributed by atoms with E-state index in [2.05, 4.69) is 5.32 Å². The Bertz CT molecular complexity index is 1020. The van der Waals surface area contributed by atoms with Crippen LogP contribution >= 0.6 is 0 Å². The standard InChI is InChI=1S/C23H31N3O4S/c1-6-19-11-13-21(14-12-19)26(31(5,29)30)16-22(27)25(18(3)23(28)24-4)15-20-10-8-7-9-17(20)2/h7-14,18H,6,15-16H2,1-5H3,(H,24,28)/t18-/m0/s1. The van der Waals surface area contributed by atoms with E-state index in [-0.39, 0.29) is 12.5 Å². The van der Waals surface area contributed by atoms with E-state index in [0.717, 1.165) is 33.7 Å². The molecule has 2 amide bonds. The van der Waals surface area contributed by atoms with Gasteiger partial charge < -0.3 is 10.2 Å². The minimum atomic E-state index is -3.71. The van der Waals surface area contributed by atoms with Gasteiger partial charge in [-0.1, -0.05) is 43.3 Å². The second-order valence-electron chi connectivity index (χ2n) is 7.53. The van der Waals surface area contributed by atoms with E-state index in [1.807, 2.05) is 50.2 Å². The van der Waals surface area contributed by atoms with E-state index in [9.17, 15) is 18.0 Å². The molecule has 0 unspecified atom stereocenters. The third-order valence-electron chi connectivity index (χ3n) is 5.33. The van der Waals surface area contributed by atoms with Gasteiger partial charge in [-0.15, -0.1) is 0 Å². The zero-order valence-corrected chi connectivity index (χ0v) is 19.6. The Labute approximate surface area is 185 Å². The Morgan fingerprint density at radius 3 is 2.19 bits per heavy atom. The molecular formula is C23H31N3O4S. The maximum Gasteiger partial charge on any atom is 0.244 e. The van der Waals surface area contributed by atoms with Gasteiger partial charge in [-0.2, -0.15) is 0 Å². The molecule has 1 atom stereocenters. The summed E-state index contributed by atoms with van der Waals surface area (Å²) in [5, 5.41) is 2.56. The van der Waals surface area contributed by atoms with Crippen LogP contribution in [0.2, 0.25) is 0 Å². The van der Waals surface area contributed by atoms with Crippen LogP contribution in [0.5, 0.6) is 0 Å². The number of hydrogen-bond acceptors (Lipinski definition) is 4. The Kier molecular flexibility index (Phi) is 8.21. The van der Waals surface area contributed by atoms with Crippen LogP contribution in [0.25, 0.3) is 0 Å². The third kappa shape index (κ3) is 6.30. The molecule has 0 bridgehead atoms. The molecule has 31 heavy (non-hydrogen) atoms. The number of nitrogens with one attached hydrogen (secondary N) is 1. The Morgan fingerprint density at radius 2 is 1.68 bits per heavy atom. The van der Waals surface area contributed by atoms with Gasteiger partial charge >= 0.3 is 0 Å². The number of likely N-dealkylation sites (N-methyl/N-ethyl adjacent to an activating group) is 1. The molecule has 0 spiro atoms. The van der Waals surface area contributed by atoms with Crippen LogP contribution in [0.1, 0.15) is 30.5 Å². The monoisotopic (exact) mass is 445 g/mol. The molecule has 8 heteroatoms. The van der Waals surface area contributed by atoms with Crippen molar-refractivity contribution in [3.63, 3.8) is 0 Å². The van der Waals surface area contributed by atoms with Crippen molar-refractivity contribution in [2.24, 2.45) is 0 Å². The average Bonchev–Trinajstić information content (AvgIpc) is 2.75. The molecule has 2 rings (SSSR count). The van der Waals surface area contributed by atoms with E-state index in [1.54, 1.807) is 19.1 Å². The molecule has 0 aliphatic heterocycles. The Morgan fingerprint density at radius 1 is 1.06 bits per heavy atom. The van der Waals surface area contributed by atoms with Gasteiger partial charge in [0.1, 0.15) is 12.6 Å². The van der Waals surface area contributed by atoms with Crippen LogP contribution < -0.4 is 9.62 Å². The smallest absolute Gasteiger partial charge is 0.244 e. The van der Waals surface area contributed by atoms with Gasteiger partial charge in [0.2, 0.25) is 21.8 Å². The number of anilines is 1. The summed E-state index contributed by atoms with van der Waals surface area (Å²) < 4.78 is 26.1. The second-order valence-corrected chi connectivity index (χ2v) is 9.43. The number of sulfonamides is 1. The summed E-state index contributed by atoms with van der Waals surface area (Å²) in [6.07, 6.45) is 1.90. The first kappa shape index (κ1) is 24.4. The lowest BCUT2D eigenvalue weighted by molar-refractivity contribution is -0.139. The van der Waals surface area contributed by atoms with Gasteiger partial charge in [-0.05, 0) is 49.1 Å². The molecule has 0 saturated carbocycles. The van der Waals surface area contributed by atoms with Crippen LogP contribution in [0.3, 0.4) is 0 Å². The Balaban J connectivity index is 2.38. The van der Waals surface area contributed by atoms with Crippen molar-refractivity contribution >= 4 is 27.5 Å².